The number of piperazine rings is 1. The van der Waals surface area contributed by atoms with Crippen LogP contribution in [-0.2, 0) is 11.0 Å². The Bertz CT molecular complexity index is 1230. The van der Waals surface area contributed by atoms with Crippen LogP contribution in [0.3, 0.4) is 0 Å². The molecule has 2 aliphatic heterocycles. The first-order valence-electron chi connectivity index (χ1n) is 11.0. The second-order valence-corrected chi connectivity index (χ2v) is 9.10. The maximum Gasteiger partial charge on any atom is 0.433 e. The monoisotopic (exact) mass is 459 g/mol. The molecule has 0 N–H and O–H groups in total. The van der Waals surface area contributed by atoms with Gasteiger partial charge in [0.1, 0.15) is 11.9 Å². The number of anilines is 1. The lowest BCUT2D eigenvalue weighted by Gasteiger charge is -2.42. The molecule has 2 unspecified atom stereocenters. The topological polar surface area (TPSA) is 53.7 Å². The zero-order valence-corrected chi connectivity index (χ0v) is 17.5. The smallest absolute Gasteiger partial charge is 0.366 e. The van der Waals surface area contributed by atoms with Gasteiger partial charge in [0.2, 0.25) is 5.91 Å². The van der Waals surface area contributed by atoms with Crippen LogP contribution in [0.4, 0.5) is 23.2 Å². The zero-order valence-electron chi connectivity index (χ0n) is 17.5. The lowest BCUT2D eigenvalue weighted by Crippen LogP contribution is -2.56. The first-order valence-corrected chi connectivity index (χ1v) is 11.0. The van der Waals surface area contributed by atoms with E-state index in [1.807, 2.05) is 17.0 Å². The molecule has 33 heavy (non-hydrogen) atoms. The van der Waals surface area contributed by atoms with Crippen LogP contribution in [0.1, 0.15) is 25.0 Å². The summed E-state index contributed by atoms with van der Waals surface area (Å²) in [6.45, 7) is 1.28. The Hall–Kier alpha value is -3.17. The summed E-state index contributed by atoms with van der Waals surface area (Å²) in [5, 5.41) is 4.34. The molecule has 0 radical (unpaired) electrons. The lowest BCUT2D eigenvalue weighted by molar-refractivity contribution is -0.141. The zero-order chi connectivity index (χ0) is 22.9. The van der Waals surface area contributed by atoms with Gasteiger partial charge in [-0.15, -0.1) is 0 Å². The highest BCUT2D eigenvalue weighted by atomic mass is 19.4. The molecule has 6 rings (SSSR count). The molecule has 6 nitrogen and oxygen atoms in total. The van der Waals surface area contributed by atoms with E-state index < -0.39 is 24.0 Å². The predicted molar refractivity (Wildman–Crippen MR) is 112 cm³/mol. The minimum absolute atomic E-state index is 0.0428. The highest BCUT2D eigenvalue weighted by molar-refractivity contribution is 5.84. The number of hydrogen-bond acceptors (Lipinski definition) is 4. The fourth-order valence-electron chi connectivity index (χ4n) is 5.26. The van der Waals surface area contributed by atoms with Crippen LogP contribution in [0.15, 0.2) is 42.9 Å². The number of halogens is 4. The third-order valence-electron chi connectivity index (χ3n) is 6.98. The van der Waals surface area contributed by atoms with E-state index >= 15 is 0 Å². The molecule has 3 aliphatic rings. The van der Waals surface area contributed by atoms with Gasteiger partial charge in [-0.25, -0.2) is 8.91 Å². The number of hydrogen-bond donors (Lipinski definition) is 0. The van der Waals surface area contributed by atoms with Crippen LogP contribution in [0.25, 0.3) is 16.6 Å². The van der Waals surface area contributed by atoms with E-state index in [1.165, 1.54) is 0 Å². The maximum absolute atomic E-state index is 13.5. The van der Waals surface area contributed by atoms with Crippen molar-refractivity contribution in [2.75, 3.05) is 18.0 Å². The molecule has 3 aromatic rings. The number of fused-ring (bicyclic) bond motifs is 3. The van der Waals surface area contributed by atoms with E-state index in [0.29, 0.717) is 30.6 Å². The molecule has 2 bridgehead atoms. The Morgan fingerprint density at radius 2 is 1.76 bits per heavy atom. The van der Waals surface area contributed by atoms with Crippen molar-refractivity contribution in [3.05, 3.63) is 48.5 Å². The Morgan fingerprint density at radius 1 is 1.03 bits per heavy atom. The normalized spacial score (nSPS) is 26.8. The largest absolute Gasteiger partial charge is 0.433 e. The second-order valence-electron chi connectivity index (χ2n) is 9.10. The summed E-state index contributed by atoms with van der Waals surface area (Å²) in [5.74, 6) is -0.528. The quantitative estimate of drug-likeness (QED) is 0.557. The van der Waals surface area contributed by atoms with Gasteiger partial charge in [-0.3, -0.25) is 9.78 Å². The van der Waals surface area contributed by atoms with Crippen LogP contribution >= 0.6 is 0 Å². The minimum Gasteiger partial charge on any atom is -0.366 e. The van der Waals surface area contributed by atoms with Gasteiger partial charge in [0.15, 0.2) is 0 Å². The van der Waals surface area contributed by atoms with Gasteiger partial charge in [-0.2, -0.15) is 18.3 Å². The van der Waals surface area contributed by atoms with Gasteiger partial charge >= 0.3 is 6.18 Å². The van der Waals surface area contributed by atoms with Crippen molar-refractivity contribution in [2.45, 2.75) is 43.7 Å². The van der Waals surface area contributed by atoms with Crippen molar-refractivity contribution < 1.29 is 22.4 Å². The van der Waals surface area contributed by atoms with Crippen molar-refractivity contribution in [1.82, 2.24) is 19.5 Å². The number of carbonyl (C=O) groups excluding carboxylic acids is 1. The van der Waals surface area contributed by atoms with Crippen LogP contribution in [-0.4, -0.2) is 56.8 Å². The number of alkyl halides is 4. The Kier molecular flexibility index (Phi) is 4.44. The summed E-state index contributed by atoms with van der Waals surface area (Å²) >= 11 is 0. The summed E-state index contributed by atoms with van der Waals surface area (Å²) in [4.78, 5) is 20.3. The van der Waals surface area contributed by atoms with Gasteiger partial charge in [0.05, 0.1) is 17.1 Å². The minimum atomic E-state index is -4.52. The maximum atomic E-state index is 13.5. The number of aromatic nitrogens is 3. The van der Waals surface area contributed by atoms with E-state index in [1.54, 1.807) is 23.0 Å². The Morgan fingerprint density at radius 3 is 2.42 bits per heavy atom. The van der Waals surface area contributed by atoms with Crippen LogP contribution < -0.4 is 4.90 Å². The van der Waals surface area contributed by atoms with E-state index in [4.69, 9.17) is 0 Å². The summed E-state index contributed by atoms with van der Waals surface area (Å²) in [5.41, 5.74) is 1.78. The predicted octanol–water partition coefficient (Wildman–Crippen LogP) is 3.95. The van der Waals surface area contributed by atoms with Crippen molar-refractivity contribution in [2.24, 2.45) is 5.92 Å². The molecule has 1 amide bonds. The lowest BCUT2D eigenvalue weighted by atomic mass is 10.1. The molecule has 5 heterocycles. The summed E-state index contributed by atoms with van der Waals surface area (Å²) in [6.07, 6.45) is 1.13. The SMILES string of the molecule is O=C([C@@H]1C[C@H]1F)N1C2CCC1CN(c1ccnn3cc(-c4ccnc(C(F)(F)F)c4)cc13)C2. The average molecular weight is 459 g/mol. The molecular formula is C23H21F4N5O. The molecular weight excluding hydrogens is 438 g/mol. The van der Waals surface area contributed by atoms with Crippen molar-refractivity contribution in [3.63, 3.8) is 0 Å². The van der Waals surface area contributed by atoms with Crippen LogP contribution in [0, 0.1) is 5.92 Å². The van der Waals surface area contributed by atoms with E-state index in [0.717, 1.165) is 36.3 Å². The van der Waals surface area contributed by atoms with Crippen molar-refractivity contribution in [1.29, 1.82) is 0 Å². The molecule has 0 aromatic carbocycles. The van der Waals surface area contributed by atoms with Gasteiger partial charge in [-0.05, 0) is 49.1 Å². The first kappa shape index (κ1) is 20.4. The third kappa shape index (κ3) is 3.43. The molecule has 2 saturated heterocycles. The van der Waals surface area contributed by atoms with E-state index in [2.05, 4.69) is 15.0 Å². The highest BCUT2D eigenvalue weighted by Crippen LogP contribution is 2.41. The number of nitrogens with zero attached hydrogens (tertiary/aromatic N) is 5. The number of pyridine rings is 1. The van der Waals surface area contributed by atoms with Crippen LogP contribution in [0.5, 0.6) is 0 Å². The van der Waals surface area contributed by atoms with E-state index in [9.17, 15) is 22.4 Å². The number of rotatable bonds is 3. The highest BCUT2D eigenvalue weighted by Gasteiger charge is 2.51. The van der Waals surface area contributed by atoms with Crippen LogP contribution in [0.2, 0.25) is 0 Å². The number of amides is 1. The first-order chi connectivity index (χ1) is 15.8. The molecule has 1 aliphatic carbocycles. The molecule has 1 saturated carbocycles. The Labute approximate surface area is 186 Å². The summed E-state index contributed by atoms with van der Waals surface area (Å²) in [7, 11) is 0. The molecule has 10 heteroatoms. The molecule has 4 atom stereocenters. The molecule has 0 spiro atoms. The second kappa shape index (κ2) is 7.16. The van der Waals surface area contributed by atoms with E-state index in [-0.39, 0.29) is 18.0 Å². The summed E-state index contributed by atoms with van der Waals surface area (Å²) < 4.78 is 54.4. The summed E-state index contributed by atoms with van der Waals surface area (Å²) in [6, 6.07) is 6.39. The van der Waals surface area contributed by atoms with Gasteiger partial charge in [0.25, 0.3) is 0 Å². The van der Waals surface area contributed by atoms with Gasteiger partial charge in [-0.1, -0.05) is 0 Å². The number of carbonyl (C=O) groups is 1. The molecule has 3 fully saturated rings. The average Bonchev–Trinajstić information content (AvgIpc) is 3.25. The molecule has 3 aromatic heterocycles. The van der Waals surface area contributed by atoms with Crippen molar-refractivity contribution >= 4 is 17.1 Å². The van der Waals surface area contributed by atoms with Gasteiger partial charge < -0.3 is 9.80 Å². The third-order valence-corrected chi connectivity index (χ3v) is 6.98. The van der Waals surface area contributed by atoms with Gasteiger partial charge in [0, 0.05) is 49.3 Å². The fourth-order valence-corrected chi connectivity index (χ4v) is 5.26. The fraction of sp³-hybridized carbons (Fsp3) is 0.435. The standard InChI is InChI=1S/C23H21F4N5O/c24-18-9-17(18)22(33)32-15-1-2-16(32)12-30(11-15)19-4-6-29-31-10-14(7-20(19)31)13-3-5-28-21(8-13)23(25,26)27/h3-8,10,15-18H,1-2,9,11-12H2/t15?,16?,17-,18-/m1/s1. The Balaban J connectivity index is 1.30. The molecule has 172 valence electrons. The van der Waals surface area contributed by atoms with Crippen molar-refractivity contribution in [3.8, 4) is 11.1 Å².